The van der Waals surface area contributed by atoms with Crippen LogP contribution in [-0.2, 0) is 0 Å². The molecule has 30 heavy (non-hydrogen) atoms. The number of hydrogen-bond donors (Lipinski definition) is 0. The predicted molar refractivity (Wildman–Crippen MR) is 130 cm³/mol. The van der Waals surface area contributed by atoms with Crippen LogP contribution in [0, 0.1) is 0 Å². The minimum Gasteiger partial charge on any atom is -0.0622 e. The van der Waals surface area contributed by atoms with Gasteiger partial charge in [0.15, 0.2) is 0 Å². The fourth-order valence-corrected chi connectivity index (χ4v) is 3.96. The standard InChI is InChI=1S/C30H20/c1-2-12-22(13-3-1)29-25-16-6-8-18-27(25)30(28-19-9-7-17-26(28)29)24-20-10-14-21-11-4-5-15-23(21)24/h1-20H/i1D,2D,3D,6D,7D,8D,9D,12D,13D,16D,17D,18D,19D. The summed E-state index contributed by atoms with van der Waals surface area (Å²) in [4.78, 5) is 0. The lowest BCUT2D eigenvalue weighted by Gasteiger charge is -2.18. The van der Waals surface area contributed by atoms with E-state index in [0.29, 0.717) is 10.9 Å². The smallest absolute Gasteiger partial charge is 0.0622 e. The van der Waals surface area contributed by atoms with Gasteiger partial charge in [-0.1, -0.05) is 121 Å². The fourth-order valence-electron chi connectivity index (χ4n) is 3.96. The Morgan fingerprint density at radius 2 is 0.967 bits per heavy atom. The molecule has 0 radical (unpaired) electrons. The molecule has 0 unspecified atom stereocenters. The largest absolute Gasteiger partial charge is 0.0629 e. The van der Waals surface area contributed by atoms with E-state index >= 15 is 0 Å². The van der Waals surface area contributed by atoms with Crippen LogP contribution < -0.4 is 0 Å². The van der Waals surface area contributed by atoms with Gasteiger partial charge in [-0.25, -0.2) is 0 Å². The van der Waals surface area contributed by atoms with E-state index in [4.69, 9.17) is 17.8 Å². The summed E-state index contributed by atoms with van der Waals surface area (Å²) in [5.74, 6) is 0. The molecular weight excluding hydrogens is 360 g/mol. The summed E-state index contributed by atoms with van der Waals surface area (Å²) >= 11 is 0. The summed E-state index contributed by atoms with van der Waals surface area (Å²) in [5, 5.41) is 0.805. The highest BCUT2D eigenvalue weighted by Crippen LogP contribution is 2.44. The lowest BCUT2D eigenvalue weighted by Crippen LogP contribution is -1.91. The quantitative estimate of drug-likeness (QED) is 0.259. The number of rotatable bonds is 2. The topological polar surface area (TPSA) is 0 Å². The molecule has 0 spiro atoms. The molecule has 0 nitrogen and oxygen atoms in total. The third-order valence-corrected chi connectivity index (χ3v) is 5.18. The van der Waals surface area contributed by atoms with Crippen LogP contribution in [0.4, 0.5) is 0 Å². The van der Waals surface area contributed by atoms with Crippen LogP contribution in [-0.4, -0.2) is 0 Å². The van der Waals surface area contributed by atoms with Crippen molar-refractivity contribution in [2.75, 3.05) is 0 Å². The van der Waals surface area contributed by atoms with Crippen molar-refractivity contribution in [1.82, 2.24) is 0 Å². The Morgan fingerprint density at radius 3 is 1.63 bits per heavy atom. The van der Waals surface area contributed by atoms with Gasteiger partial charge in [0.2, 0.25) is 0 Å². The number of hydrogen-bond acceptors (Lipinski definition) is 0. The second kappa shape index (κ2) is 6.86. The second-order valence-corrected chi connectivity index (χ2v) is 6.78. The molecule has 6 aromatic rings. The highest BCUT2D eigenvalue weighted by molar-refractivity contribution is 6.23. The van der Waals surface area contributed by atoms with Gasteiger partial charge in [-0.3, -0.25) is 0 Å². The Kier molecular flexibility index (Phi) is 1.93. The van der Waals surface area contributed by atoms with Crippen LogP contribution in [0.2, 0.25) is 0 Å². The summed E-state index contributed by atoms with van der Waals surface area (Å²) in [6, 6.07) is 4.47. The molecular formula is C30H20. The molecule has 0 N–H and O–H groups in total. The van der Waals surface area contributed by atoms with Gasteiger partial charge in [0, 0.05) is 0 Å². The minimum atomic E-state index is -0.697. The summed E-state index contributed by atoms with van der Waals surface area (Å²) in [7, 11) is 0. The molecule has 140 valence electrons. The lowest BCUT2D eigenvalue weighted by molar-refractivity contribution is 1.66. The summed E-state index contributed by atoms with van der Waals surface area (Å²) < 4.78 is 112. The first kappa shape index (κ1) is 8.45. The van der Waals surface area contributed by atoms with Crippen molar-refractivity contribution in [3.05, 3.63) is 121 Å². The molecule has 0 saturated heterocycles. The van der Waals surface area contributed by atoms with Gasteiger partial charge in [-0.15, -0.1) is 0 Å². The molecule has 0 amide bonds. The zero-order chi connectivity index (χ0) is 31.2. The van der Waals surface area contributed by atoms with E-state index in [9.17, 15) is 0 Å². The van der Waals surface area contributed by atoms with E-state index in [0.717, 1.165) is 5.39 Å². The monoisotopic (exact) mass is 393 g/mol. The van der Waals surface area contributed by atoms with Crippen molar-refractivity contribution in [1.29, 1.82) is 0 Å². The maximum absolute atomic E-state index is 9.02. The molecule has 6 rings (SSSR count). The van der Waals surface area contributed by atoms with Crippen molar-refractivity contribution in [2.24, 2.45) is 0 Å². The highest BCUT2D eigenvalue weighted by atomic mass is 14.2. The van der Waals surface area contributed by atoms with E-state index in [1.54, 1.807) is 24.3 Å². The average molecular weight is 394 g/mol. The maximum atomic E-state index is 9.02. The summed E-state index contributed by atoms with van der Waals surface area (Å²) in [6.45, 7) is 0. The van der Waals surface area contributed by atoms with Gasteiger partial charge >= 0.3 is 0 Å². The van der Waals surface area contributed by atoms with Crippen LogP contribution in [0.15, 0.2) is 121 Å². The zero-order valence-corrected chi connectivity index (χ0v) is 15.5. The third-order valence-electron chi connectivity index (χ3n) is 5.18. The molecule has 0 heterocycles. The maximum Gasteiger partial charge on any atom is 0.0629 e. The Labute approximate surface area is 194 Å². The van der Waals surface area contributed by atoms with Crippen molar-refractivity contribution in [3.63, 3.8) is 0 Å². The van der Waals surface area contributed by atoms with Crippen molar-refractivity contribution in [2.45, 2.75) is 0 Å². The normalized spacial score (nSPS) is 17.4. The minimum absolute atomic E-state index is 0.0957. The summed E-state index contributed by atoms with van der Waals surface area (Å²) in [6.07, 6.45) is 0. The lowest BCUT2D eigenvalue weighted by atomic mass is 9.85. The van der Waals surface area contributed by atoms with Crippen molar-refractivity contribution < 1.29 is 17.8 Å². The summed E-state index contributed by atoms with van der Waals surface area (Å²) in [5.41, 5.74) is -0.154. The molecule has 6 aromatic carbocycles. The van der Waals surface area contributed by atoms with Crippen LogP contribution in [0.3, 0.4) is 0 Å². The van der Waals surface area contributed by atoms with Crippen LogP contribution in [0.5, 0.6) is 0 Å². The van der Waals surface area contributed by atoms with Crippen molar-refractivity contribution in [3.8, 4) is 22.3 Å². The Hall–Kier alpha value is -3.90. The molecule has 0 atom stereocenters. The van der Waals surface area contributed by atoms with Gasteiger partial charge in [0.25, 0.3) is 0 Å². The zero-order valence-electron chi connectivity index (χ0n) is 28.5. The van der Waals surface area contributed by atoms with Crippen LogP contribution in [0.25, 0.3) is 54.6 Å². The van der Waals surface area contributed by atoms with Gasteiger partial charge in [-0.2, -0.15) is 0 Å². The van der Waals surface area contributed by atoms with E-state index in [1.807, 2.05) is 18.2 Å². The van der Waals surface area contributed by atoms with E-state index in [2.05, 4.69) is 0 Å². The SMILES string of the molecule is [2H]c1c([2H])c([2H])c(-c2c3c([2H])c([2H])c([2H])c([2H])c3c(-c3cccc4ccccc34)c3c([2H])c([2H])c([2H])c([2H])c23)c([2H])c1[2H]. The predicted octanol–water partition coefficient (Wildman–Crippen LogP) is 8.48. The van der Waals surface area contributed by atoms with E-state index in [-0.39, 0.29) is 32.7 Å². The van der Waals surface area contributed by atoms with E-state index < -0.39 is 84.1 Å². The molecule has 0 aliphatic rings. The molecule has 0 fully saturated rings. The second-order valence-electron chi connectivity index (χ2n) is 6.78. The number of benzene rings is 6. The van der Waals surface area contributed by atoms with Gasteiger partial charge in [0.1, 0.15) is 0 Å². The molecule has 0 aliphatic heterocycles. The molecule has 0 aliphatic carbocycles. The van der Waals surface area contributed by atoms with Gasteiger partial charge < -0.3 is 0 Å². The Morgan fingerprint density at radius 1 is 0.433 bits per heavy atom. The van der Waals surface area contributed by atoms with Crippen LogP contribution >= 0.6 is 0 Å². The van der Waals surface area contributed by atoms with Gasteiger partial charge in [-0.05, 0) is 54.6 Å². The first-order chi connectivity index (χ1) is 20.3. The number of fused-ring (bicyclic) bond motifs is 3. The average Bonchev–Trinajstić information content (AvgIpc) is 3.01. The Bertz CT molecular complexity index is 2110. The van der Waals surface area contributed by atoms with Gasteiger partial charge in [0.05, 0.1) is 17.8 Å². The molecule has 0 saturated carbocycles. The van der Waals surface area contributed by atoms with Crippen LogP contribution in [0.1, 0.15) is 17.8 Å². The fraction of sp³-hybridized carbons (Fsp3) is 0. The Balaban J connectivity index is 2.09. The highest BCUT2D eigenvalue weighted by Gasteiger charge is 2.17. The first-order valence-electron chi connectivity index (χ1n) is 15.8. The first-order valence-corrected chi connectivity index (χ1v) is 9.32. The van der Waals surface area contributed by atoms with Crippen molar-refractivity contribution >= 4 is 32.3 Å². The molecule has 0 aromatic heterocycles. The molecule has 0 heteroatoms. The molecule has 0 bridgehead atoms. The third kappa shape index (κ3) is 2.54. The van der Waals surface area contributed by atoms with E-state index in [1.165, 1.54) is 0 Å².